The zero-order valence-electron chi connectivity index (χ0n) is 15.2. The molecule has 0 saturated heterocycles. The molecule has 0 N–H and O–H groups in total. The summed E-state index contributed by atoms with van der Waals surface area (Å²) < 4.78 is 5.85. The molecule has 0 saturated carbocycles. The van der Waals surface area contributed by atoms with Crippen LogP contribution in [0.1, 0.15) is 33.9 Å². The predicted octanol–water partition coefficient (Wildman–Crippen LogP) is 3.24. The van der Waals surface area contributed by atoms with Gasteiger partial charge >= 0.3 is 0 Å². The molecular weight excluding hydrogens is 326 g/mol. The van der Waals surface area contributed by atoms with Crippen molar-refractivity contribution in [1.82, 2.24) is 9.80 Å². The highest BCUT2D eigenvalue weighted by Crippen LogP contribution is 2.35. The smallest absolute Gasteiger partial charge is 0.255 e. The topological polar surface area (TPSA) is 56.6 Å². The van der Waals surface area contributed by atoms with Gasteiger partial charge in [0.25, 0.3) is 5.91 Å². The van der Waals surface area contributed by atoms with Crippen LogP contribution in [0, 0.1) is 11.3 Å². The number of rotatable bonds is 7. The van der Waals surface area contributed by atoms with Crippen LogP contribution in [0.5, 0.6) is 5.75 Å². The normalized spacial score (nSPS) is 15.8. The van der Waals surface area contributed by atoms with E-state index in [2.05, 4.69) is 11.0 Å². The highest BCUT2D eigenvalue weighted by molar-refractivity contribution is 5.99. The summed E-state index contributed by atoms with van der Waals surface area (Å²) in [6.45, 7) is 1.91. The summed E-state index contributed by atoms with van der Waals surface area (Å²) in [6, 6.07) is 17.0. The molecule has 1 atom stereocenters. The molecule has 0 radical (unpaired) electrons. The van der Waals surface area contributed by atoms with E-state index < -0.39 is 6.04 Å². The molecule has 5 nitrogen and oxygen atoms in total. The molecule has 134 valence electrons. The van der Waals surface area contributed by atoms with E-state index in [0.717, 1.165) is 24.1 Å². The fraction of sp³-hybridized carbons (Fsp3) is 0.333. The van der Waals surface area contributed by atoms with Gasteiger partial charge in [0.1, 0.15) is 18.4 Å². The Labute approximate surface area is 154 Å². The van der Waals surface area contributed by atoms with Gasteiger partial charge in [0.2, 0.25) is 0 Å². The SMILES string of the molecule is CN(C)CCCN1C(=O)c2ccc(OCc3ccccc3)cc2C1C#N. The van der Waals surface area contributed by atoms with Crippen LogP contribution < -0.4 is 4.74 Å². The molecule has 0 spiro atoms. The molecule has 0 aromatic heterocycles. The molecule has 0 fully saturated rings. The largest absolute Gasteiger partial charge is 0.489 e. The maximum absolute atomic E-state index is 12.7. The van der Waals surface area contributed by atoms with Crippen molar-refractivity contribution in [3.05, 3.63) is 65.2 Å². The van der Waals surface area contributed by atoms with Crippen LogP contribution >= 0.6 is 0 Å². The zero-order chi connectivity index (χ0) is 18.5. The van der Waals surface area contributed by atoms with Crippen molar-refractivity contribution in [1.29, 1.82) is 5.26 Å². The van der Waals surface area contributed by atoms with E-state index in [0.29, 0.717) is 24.5 Å². The number of nitrogens with zero attached hydrogens (tertiary/aromatic N) is 3. The van der Waals surface area contributed by atoms with Gasteiger partial charge in [-0.2, -0.15) is 5.26 Å². The number of carbonyl (C=O) groups excluding carboxylic acids is 1. The lowest BCUT2D eigenvalue weighted by Gasteiger charge is -2.21. The standard InChI is InChI=1S/C21H23N3O2/c1-23(2)11-6-12-24-20(14-22)19-13-17(9-10-18(19)21(24)25)26-15-16-7-4-3-5-8-16/h3-5,7-10,13,20H,6,11-12,15H2,1-2H3. The molecule has 3 rings (SSSR count). The summed E-state index contributed by atoms with van der Waals surface area (Å²) in [5.41, 5.74) is 2.42. The fourth-order valence-corrected chi connectivity index (χ4v) is 3.16. The fourth-order valence-electron chi connectivity index (χ4n) is 3.16. The molecule has 0 bridgehead atoms. The van der Waals surface area contributed by atoms with Gasteiger partial charge in [0.15, 0.2) is 0 Å². The first kappa shape index (κ1) is 18.0. The Bertz CT molecular complexity index is 812. The van der Waals surface area contributed by atoms with Crippen molar-refractivity contribution >= 4 is 5.91 Å². The molecule has 1 aliphatic heterocycles. The highest BCUT2D eigenvalue weighted by Gasteiger charge is 2.36. The van der Waals surface area contributed by atoms with E-state index in [1.54, 1.807) is 17.0 Å². The summed E-state index contributed by atoms with van der Waals surface area (Å²) in [5, 5.41) is 9.61. The molecule has 1 amide bonds. The number of carbonyl (C=O) groups is 1. The quantitative estimate of drug-likeness (QED) is 0.770. The van der Waals surface area contributed by atoms with Crippen LogP contribution in [0.25, 0.3) is 0 Å². The second-order valence-electron chi connectivity index (χ2n) is 6.71. The van der Waals surface area contributed by atoms with E-state index in [9.17, 15) is 10.1 Å². The highest BCUT2D eigenvalue weighted by atomic mass is 16.5. The van der Waals surface area contributed by atoms with Crippen LogP contribution in [-0.2, 0) is 6.61 Å². The van der Waals surface area contributed by atoms with E-state index in [1.807, 2.05) is 50.5 Å². The number of fused-ring (bicyclic) bond motifs is 1. The van der Waals surface area contributed by atoms with E-state index >= 15 is 0 Å². The number of benzene rings is 2. The number of ether oxygens (including phenoxy) is 1. The molecule has 1 unspecified atom stereocenters. The van der Waals surface area contributed by atoms with E-state index in [1.165, 1.54) is 0 Å². The first-order valence-electron chi connectivity index (χ1n) is 8.76. The third-order valence-electron chi connectivity index (χ3n) is 4.50. The Hall–Kier alpha value is -2.84. The molecule has 2 aromatic carbocycles. The average molecular weight is 349 g/mol. The third-order valence-corrected chi connectivity index (χ3v) is 4.50. The van der Waals surface area contributed by atoms with Gasteiger partial charge < -0.3 is 14.5 Å². The second kappa shape index (κ2) is 8.03. The van der Waals surface area contributed by atoms with E-state index in [-0.39, 0.29) is 5.91 Å². The Morgan fingerprint density at radius 1 is 1.19 bits per heavy atom. The van der Waals surface area contributed by atoms with Crippen LogP contribution in [0.15, 0.2) is 48.5 Å². The predicted molar refractivity (Wildman–Crippen MR) is 99.8 cm³/mol. The van der Waals surface area contributed by atoms with Gasteiger partial charge in [-0.3, -0.25) is 4.79 Å². The number of hydrogen-bond donors (Lipinski definition) is 0. The Morgan fingerprint density at radius 3 is 2.65 bits per heavy atom. The van der Waals surface area contributed by atoms with Crippen molar-refractivity contribution < 1.29 is 9.53 Å². The number of nitriles is 1. The zero-order valence-corrected chi connectivity index (χ0v) is 15.2. The maximum atomic E-state index is 12.7. The molecule has 26 heavy (non-hydrogen) atoms. The summed E-state index contributed by atoms with van der Waals surface area (Å²) in [7, 11) is 4.00. The first-order chi connectivity index (χ1) is 12.6. The average Bonchev–Trinajstić information content (AvgIpc) is 2.91. The molecular formula is C21H23N3O2. The van der Waals surface area contributed by atoms with Gasteiger partial charge in [0.05, 0.1) is 6.07 Å². The summed E-state index contributed by atoms with van der Waals surface area (Å²) in [6.07, 6.45) is 0.836. The maximum Gasteiger partial charge on any atom is 0.255 e. The third kappa shape index (κ3) is 3.87. The minimum absolute atomic E-state index is 0.0695. The lowest BCUT2D eigenvalue weighted by atomic mass is 10.1. The monoisotopic (exact) mass is 349 g/mol. The lowest BCUT2D eigenvalue weighted by molar-refractivity contribution is 0.0752. The molecule has 1 aliphatic rings. The first-order valence-corrected chi connectivity index (χ1v) is 8.76. The van der Waals surface area contributed by atoms with Gasteiger partial charge in [-0.15, -0.1) is 0 Å². The van der Waals surface area contributed by atoms with Gasteiger partial charge in [-0.05, 0) is 50.8 Å². The second-order valence-corrected chi connectivity index (χ2v) is 6.71. The molecule has 5 heteroatoms. The van der Waals surface area contributed by atoms with Crippen LogP contribution in [0.2, 0.25) is 0 Å². The van der Waals surface area contributed by atoms with Crippen LogP contribution in [0.3, 0.4) is 0 Å². The van der Waals surface area contributed by atoms with Crippen LogP contribution in [0.4, 0.5) is 0 Å². The Balaban J connectivity index is 1.73. The molecule has 0 aliphatic carbocycles. The molecule has 1 heterocycles. The van der Waals surface area contributed by atoms with Gasteiger partial charge in [-0.25, -0.2) is 0 Å². The summed E-state index contributed by atoms with van der Waals surface area (Å²) in [5.74, 6) is 0.607. The van der Waals surface area contributed by atoms with Crippen molar-refractivity contribution in [3.63, 3.8) is 0 Å². The van der Waals surface area contributed by atoms with Crippen molar-refractivity contribution in [3.8, 4) is 11.8 Å². The summed E-state index contributed by atoms with van der Waals surface area (Å²) >= 11 is 0. The van der Waals surface area contributed by atoms with Gasteiger partial charge in [0, 0.05) is 17.7 Å². The van der Waals surface area contributed by atoms with Crippen molar-refractivity contribution in [2.24, 2.45) is 0 Å². The molecule has 2 aromatic rings. The lowest BCUT2D eigenvalue weighted by Crippen LogP contribution is -2.30. The summed E-state index contributed by atoms with van der Waals surface area (Å²) in [4.78, 5) is 16.4. The van der Waals surface area contributed by atoms with Gasteiger partial charge in [-0.1, -0.05) is 30.3 Å². The Morgan fingerprint density at radius 2 is 1.96 bits per heavy atom. The number of hydrogen-bond acceptors (Lipinski definition) is 4. The van der Waals surface area contributed by atoms with Crippen molar-refractivity contribution in [2.45, 2.75) is 19.1 Å². The number of amides is 1. The minimum atomic E-state index is -0.542. The minimum Gasteiger partial charge on any atom is -0.489 e. The van der Waals surface area contributed by atoms with E-state index in [4.69, 9.17) is 4.74 Å². The van der Waals surface area contributed by atoms with Crippen LogP contribution in [-0.4, -0.2) is 42.9 Å². The Kier molecular flexibility index (Phi) is 5.55. The van der Waals surface area contributed by atoms with Crippen molar-refractivity contribution in [2.75, 3.05) is 27.2 Å².